The number of carbonyl (C=O) groups excluding carboxylic acids is 1. The third kappa shape index (κ3) is 3.71. The Morgan fingerprint density at radius 1 is 1.33 bits per heavy atom. The van der Waals surface area contributed by atoms with Gasteiger partial charge in [-0.3, -0.25) is 10.1 Å². The second kappa shape index (κ2) is 5.71. The van der Waals surface area contributed by atoms with E-state index in [-0.39, 0.29) is 17.8 Å². The van der Waals surface area contributed by atoms with Gasteiger partial charge in [0.15, 0.2) is 0 Å². The summed E-state index contributed by atoms with van der Waals surface area (Å²) >= 11 is 0. The predicted molar refractivity (Wildman–Crippen MR) is 78.0 cm³/mol. The summed E-state index contributed by atoms with van der Waals surface area (Å²) in [7, 11) is 0. The van der Waals surface area contributed by atoms with Crippen LogP contribution in [0.2, 0.25) is 0 Å². The molecule has 1 heterocycles. The lowest BCUT2D eigenvalue weighted by Gasteiger charge is -2.28. The Hall–Kier alpha value is -2.11. The van der Waals surface area contributed by atoms with E-state index in [1.807, 2.05) is 20.8 Å². The molecule has 0 aromatic heterocycles. The molecule has 0 bridgehead atoms. The average molecular weight is 292 g/mol. The molecule has 6 heteroatoms. The van der Waals surface area contributed by atoms with Crippen molar-refractivity contribution in [2.45, 2.75) is 45.3 Å². The first kappa shape index (κ1) is 15.3. The van der Waals surface area contributed by atoms with Crippen LogP contribution in [0, 0.1) is 10.1 Å². The molecule has 0 aliphatic carbocycles. The van der Waals surface area contributed by atoms with Crippen LogP contribution in [0.3, 0.4) is 0 Å². The van der Waals surface area contributed by atoms with Gasteiger partial charge in [0.25, 0.3) is 5.69 Å². The lowest BCUT2D eigenvalue weighted by atomic mass is 10.0. The second-order valence-electron chi connectivity index (χ2n) is 6.18. The number of carbonyl (C=O) groups is 1. The maximum Gasteiger partial charge on any atom is 0.410 e. The lowest BCUT2D eigenvalue weighted by Crippen LogP contribution is -2.36. The molecule has 0 saturated carbocycles. The quantitative estimate of drug-likeness (QED) is 0.616. The third-order valence-electron chi connectivity index (χ3n) is 3.37. The van der Waals surface area contributed by atoms with Gasteiger partial charge in [0.05, 0.1) is 11.0 Å². The maximum atomic E-state index is 12.2. The normalized spacial score (nSPS) is 18.6. The smallest absolute Gasteiger partial charge is 0.410 e. The van der Waals surface area contributed by atoms with Gasteiger partial charge in [-0.2, -0.15) is 0 Å². The molecule has 1 fully saturated rings. The molecule has 1 saturated heterocycles. The Morgan fingerprint density at radius 2 is 1.95 bits per heavy atom. The number of likely N-dealkylation sites (tertiary alicyclic amines) is 1. The molecule has 0 N–H and O–H groups in total. The molecule has 114 valence electrons. The van der Waals surface area contributed by atoms with Crippen molar-refractivity contribution in [1.82, 2.24) is 4.90 Å². The first-order chi connectivity index (χ1) is 9.78. The molecule has 1 atom stereocenters. The van der Waals surface area contributed by atoms with Crippen molar-refractivity contribution in [3.63, 3.8) is 0 Å². The summed E-state index contributed by atoms with van der Waals surface area (Å²) in [6.45, 7) is 6.15. The monoisotopic (exact) mass is 292 g/mol. The summed E-state index contributed by atoms with van der Waals surface area (Å²) in [5, 5.41) is 10.7. The molecule has 1 amide bonds. The summed E-state index contributed by atoms with van der Waals surface area (Å²) in [5.41, 5.74) is 0.434. The third-order valence-corrected chi connectivity index (χ3v) is 3.37. The number of nitro groups is 1. The van der Waals surface area contributed by atoms with E-state index in [0.717, 1.165) is 18.4 Å². The average Bonchev–Trinajstić information content (AvgIpc) is 2.86. The van der Waals surface area contributed by atoms with Crippen molar-refractivity contribution >= 4 is 11.8 Å². The SMILES string of the molecule is CC(C)(C)OC(=O)N1CCCC1c1ccc([N+](=O)[O-])cc1. The fraction of sp³-hybridized carbons (Fsp3) is 0.533. The summed E-state index contributed by atoms with van der Waals surface area (Å²) in [6, 6.07) is 6.30. The molecule has 0 spiro atoms. The van der Waals surface area contributed by atoms with Crippen molar-refractivity contribution in [2.75, 3.05) is 6.54 Å². The minimum absolute atomic E-state index is 0.0561. The molecular weight excluding hydrogens is 272 g/mol. The van der Waals surface area contributed by atoms with Crippen LogP contribution in [0.1, 0.15) is 45.2 Å². The Bertz CT molecular complexity index is 534. The minimum Gasteiger partial charge on any atom is -0.444 e. The highest BCUT2D eigenvalue weighted by Crippen LogP contribution is 2.33. The van der Waals surface area contributed by atoms with Gasteiger partial charge in [-0.25, -0.2) is 4.79 Å². The first-order valence-corrected chi connectivity index (χ1v) is 7.02. The largest absolute Gasteiger partial charge is 0.444 e. The highest BCUT2D eigenvalue weighted by Gasteiger charge is 2.33. The number of benzene rings is 1. The van der Waals surface area contributed by atoms with Crippen molar-refractivity contribution in [3.8, 4) is 0 Å². The molecule has 6 nitrogen and oxygen atoms in total. The van der Waals surface area contributed by atoms with E-state index in [9.17, 15) is 14.9 Å². The number of hydrogen-bond donors (Lipinski definition) is 0. The van der Waals surface area contributed by atoms with Crippen LogP contribution in [-0.4, -0.2) is 28.1 Å². The van der Waals surface area contributed by atoms with Crippen LogP contribution in [0.4, 0.5) is 10.5 Å². The van der Waals surface area contributed by atoms with E-state index in [1.165, 1.54) is 12.1 Å². The number of amides is 1. The lowest BCUT2D eigenvalue weighted by molar-refractivity contribution is -0.384. The van der Waals surface area contributed by atoms with E-state index < -0.39 is 10.5 Å². The molecule has 0 radical (unpaired) electrons. The number of rotatable bonds is 2. The summed E-state index contributed by atoms with van der Waals surface area (Å²) < 4.78 is 5.41. The number of nitro benzene ring substituents is 1. The Labute approximate surface area is 123 Å². The minimum atomic E-state index is -0.528. The van der Waals surface area contributed by atoms with E-state index in [0.29, 0.717) is 6.54 Å². The van der Waals surface area contributed by atoms with Gasteiger partial charge in [-0.15, -0.1) is 0 Å². The van der Waals surface area contributed by atoms with Gasteiger partial charge in [-0.05, 0) is 39.2 Å². The first-order valence-electron chi connectivity index (χ1n) is 7.02. The fourth-order valence-electron chi connectivity index (χ4n) is 2.47. The number of ether oxygens (including phenoxy) is 1. The standard InChI is InChI=1S/C15H20N2O4/c1-15(2,3)21-14(18)16-10-4-5-13(16)11-6-8-12(9-7-11)17(19)20/h6-9,13H,4-5,10H2,1-3H3. The topological polar surface area (TPSA) is 72.7 Å². The van der Waals surface area contributed by atoms with Gasteiger partial charge in [0.1, 0.15) is 5.60 Å². The molecule has 1 unspecified atom stereocenters. The van der Waals surface area contributed by atoms with Gasteiger partial charge in [0.2, 0.25) is 0 Å². The van der Waals surface area contributed by atoms with Crippen LogP contribution in [0.15, 0.2) is 24.3 Å². The molecule has 1 aliphatic heterocycles. The fourth-order valence-corrected chi connectivity index (χ4v) is 2.47. The molecule has 2 rings (SSSR count). The molecule has 1 aromatic rings. The zero-order valence-electron chi connectivity index (χ0n) is 12.5. The van der Waals surface area contributed by atoms with Crippen molar-refractivity contribution in [1.29, 1.82) is 0 Å². The summed E-state index contributed by atoms with van der Waals surface area (Å²) in [5.74, 6) is 0. The van der Waals surface area contributed by atoms with Crippen molar-refractivity contribution in [3.05, 3.63) is 39.9 Å². The van der Waals surface area contributed by atoms with Crippen LogP contribution < -0.4 is 0 Å². The maximum absolute atomic E-state index is 12.2. The molecule has 1 aliphatic rings. The van der Waals surface area contributed by atoms with Gasteiger partial charge >= 0.3 is 6.09 Å². The highest BCUT2D eigenvalue weighted by atomic mass is 16.6. The number of non-ortho nitro benzene ring substituents is 1. The zero-order chi connectivity index (χ0) is 15.6. The highest BCUT2D eigenvalue weighted by molar-refractivity contribution is 5.69. The molecule has 1 aromatic carbocycles. The summed E-state index contributed by atoms with van der Waals surface area (Å²) in [6.07, 6.45) is 1.42. The Morgan fingerprint density at radius 3 is 2.48 bits per heavy atom. The van der Waals surface area contributed by atoms with Crippen LogP contribution in [-0.2, 0) is 4.74 Å². The zero-order valence-corrected chi connectivity index (χ0v) is 12.5. The predicted octanol–water partition coefficient (Wildman–Crippen LogP) is 3.67. The number of nitrogens with zero attached hydrogens (tertiary/aromatic N) is 2. The van der Waals surface area contributed by atoms with Gasteiger partial charge in [0, 0.05) is 18.7 Å². The van der Waals surface area contributed by atoms with E-state index in [2.05, 4.69) is 0 Å². The Balaban J connectivity index is 2.14. The Kier molecular flexibility index (Phi) is 4.16. The van der Waals surface area contributed by atoms with Crippen LogP contribution in [0.5, 0.6) is 0 Å². The van der Waals surface area contributed by atoms with Gasteiger partial charge < -0.3 is 9.64 Å². The van der Waals surface area contributed by atoms with Crippen LogP contribution >= 0.6 is 0 Å². The molecular formula is C15H20N2O4. The number of hydrogen-bond acceptors (Lipinski definition) is 4. The van der Waals surface area contributed by atoms with Gasteiger partial charge in [-0.1, -0.05) is 12.1 Å². The van der Waals surface area contributed by atoms with E-state index in [1.54, 1.807) is 17.0 Å². The van der Waals surface area contributed by atoms with Crippen LogP contribution in [0.25, 0.3) is 0 Å². The molecule has 21 heavy (non-hydrogen) atoms. The van der Waals surface area contributed by atoms with Crippen molar-refractivity contribution < 1.29 is 14.5 Å². The van der Waals surface area contributed by atoms with Crippen molar-refractivity contribution in [2.24, 2.45) is 0 Å². The summed E-state index contributed by atoms with van der Waals surface area (Å²) in [4.78, 5) is 24.2. The second-order valence-corrected chi connectivity index (χ2v) is 6.18. The van der Waals surface area contributed by atoms with E-state index >= 15 is 0 Å². The van der Waals surface area contributed by atoms with E-state index in [4.69, 9.17) is 4.74 Å².